The van der Waals surface area contributed by atoms with Crippen LogP contribution in [0.5, 0.6) is 5.75 Å². The standard InChI is InChI=1S/C12H18N2O/c1-8-2-3-9(12(15)6-8)10-7-14-5-4-11(10)13/h2-3,6,10-11,14-15H,4-5,7,13H2,1H3. The van der Waals surface area contributed by atoms with E-state index in [1.54, 1.807) is 6.07 Å². The van der Waals surface area contributed by atoms with Crippen molar-refractivity contribution in [3.8, 4) is 5.75 Å². The Labute approximate surface area is 90.3 Å². The number of benzene rings is 1. The summed E-state index contributed by atoms with van der Waals surface area (Å²) in [5, 5.41) is 13.2. The Morgan fingerprint density at radius 3 is 2.93 bits per heavy atom. The van der Waals surface area contributed by atoms with Crippen LogP contribution >= 0.6 is 0 Å². The maximum Gasteiger partial charge on any atom is 0.119 e. The summed E-state index contributed by atoms with van der Waals surface area (Å²) in [5.41, 5.74) is 8.12. The Morgan fingerprint density at radius 2 is 2.27 bits per heavy atom. The molecule has 0 radical (unpaired) electrons. The maximum absolute atomic E-state index is 9.88. The van der Waals surface area contributed by atoms with Crippen LogP contribution in [0.25, 0.3) is 0 Å². The van der Waals surface area contributed by atoms with Crippen LogP contribution in [0.1, 0.15) is 23.5 Å². The van der Waals surface area contributed by atoms with Crippen molar-refractivity contribution in [2.75, 3.05) is 13.1 Å². The second-order valence-corrected chi connectivity index (χ2v) is 4.33. The molecule has 1 heterocycles. The predicted octanol–water partition coefficient (Wildman–Crippen LogP) is 1.10. The normalized spacial score (nSPS) is 26.5. The number of hydrogen-bond donors (Lipinski definition) is 3. The quantitative estimate of drug-likeness (QED) is 0.645. The molecule has 0 aromatic heterocycles. The molecule has 1 aliphatic heterocycles. The summed E-state index contributed by atoms with van der Waals surface area (Å²) in [7, 11) is 0. The molecule has 2 unspecified atom stereocenters. The third-order valence-corrected chi connectivity index (χ3v) is 3.12. The fourth-order valence-corrected chi connectivity index (χ4v) is 2.19. The van der Waals surface area contributed by atoms with E-state index in [0.717, 1.165) is 30.6 Å². The van der Waals surface area contributed by atoms with Gasteiger partial charge in [0.25, 0.3) is 0 Å². The summed E-state index contributed by atoms with van der Waals surface area (Å²) in [6, 6.07) is 5.97. The summed E-state index contributed by atoms with van der Waals surface area (Å²) in [5.74, 6) is 0.610. The highest BCUT2D eigenvalue weighted by Gasteiger charge is 2.25. The van der Waals surface area contributed by atoms with Gasteiger partial charge in [0, 0.05) is 18.5 Å². The van der Waals surface area contributed by atoms with Crippen LogP contribution in [-0.4, -0.2) is 24.2 Å². The Morgan fingerprint density at radius 1 is 1.47 bits per heavy atom. The summed E-state index contributed by atoms with van der Waals surface area (Å²) in [6.07, 6.45) is 0.970. The average molecular weight is 206 g/mol. The molecule has 3 heteroatoms. The largest absolute Gasteiger partial charge is 0.508 e. The molecule has 82 valence electrons. The Kier molecular flexibility index (Phi) is 2.93. The van der Waals surface area contributed by atoms with Crippen molar-refractivity contribution in [3.63, 3.8) is 0 Å². The van der Waals surface area contributed by atoms with Gasteiger partial charge < -0.3 is 16.2 Å². The SMILES string of the molecule is Cc1ccc(C2CNCCC2N)c(O)c1. The lowest BCUT2D eigenvalue weighted by Crippen LogP contribution is -2.43. The van der Waals surface area contributed by atoms with E-state index >= 15 is 0 Å². The molecule has 1 fully saturated rings. The van der Waals surface area contributed by atoms with Gasteiger partial charge in [-0.2, -0.15) is 0 Å². The monoisotopic (exact) mass is 206 g/mol. The number of nitrogens with one attached hydrogen (secondary N) is 1. The van der Waals surface area contributed by atoms with Gasteiger partial charge in [-0.05, 0) is 37.1 Å². The van der Waals surface area contributed by atoms with Gasteiger partial charge in [0.2, 0.25) is 0 Å². The van der Waals surface area contributed by atoms with Gasteiger partial charge in [-0.15, -0.1) is 0 Å². The molecule has 0 spiro atoms. The molecule has 0 bridgehead atoms. The van der Waals surface area contributed by atoms with Crippen molar-refractivity contribution >= 4 is 0 Å². The number of piperidine rings is 1. The highest BCUT2D eigenvalue weighted by molar-refractivity contribution is 5.39. The molecule has 0 saturated carbocycles. The van der Waals surface area contributed by atoms with Crippen LogP contribution in [0.4, 0.5) is 0 Å². The molecule has 0 aliphatic carbocycles. The van der Waals surface area contributed by atoms with Crippen molar-refractivity contribution < 1.29 is 5.11 Å². The van der Waals surface area contributed by atoms with Crippen LogP contribution in [0.15, 0.2) is 18.2 Å². The van der Waals surface area contributed by atoms with Gasteiger partial charge >= 0.3 is 0 Å². The third kappa shape index (κ3) is 2.13. The fourth-order valence-electron chi connectivity index (χ4n) is 2.19. The van der Waals surface area contributed by atoms with Crippen molar-refractivity contribution in [2.24, 2.45) is 5.73 Å². The first-order valence-electron chi connectivity index (χ1n) is 5.44. The van der Waals surface area contributed by atoms with E-state index in [1.165, 1.54) is 0 Å². The molecule has 2 atom stereocenters. The zero-order valence-corrected chi connectivity index (χ0v) is 9.03. The van der Waals surface area contributed by atoms with Crippen molar-refractivity contribution in [1.29, 1.82) is 0 Å². The average Bonchev–Trinajstić information content (AvgIpc) is 2.20. The van der Waals surface area contributed by atoms with Crippen molar-refractivity contribution in [3.05, 3.63) is 29.3 Å². The Hall–Kier alpha value is -1.06. The van der Waals surface area contributed by atoms with Crippen LogP contribution in [0.2, 0.25) is 0 Å². The number of hydrogen-bond acceptors (Lipinski definition) is 3. The highest BCUT2D eigenvalue weighted by Crippen LogP contribution is 2.30. The van der Waals surface area contributed by atoms with Crippen LogP contribution < -0.4 is 11.1 Å². The lowest BCUT2D eigenvalue weighted by atomic mass is 9.86. The predicted molar refractivity (Wildman–Crippen MR) is 61.0 cm³/mol. The zero-order chi connectivity index (χ0) is 10.8. The van der Waals surface area contributed by atoms with Crippen molar-refractivity contribution in [2.45, 2.75) is 25.3 Å². The Balaban J connectivity index is 2.27. The van der Waals surface area contributed by atoms with Gasteiger partial charge in [0.1, 0.15) is 5.75 Å². The molecular weight excluding hydrogens is 188 g/mol. The summed E-state index contributed by atoms with van der Waals surface area (Å²) < 4.78 is 0. The molecular formula is C12H18N2O. The number of phenols is 1. The molecule has 1 aromatic carbocycles. The van der Waals surface area contributed by atoms with E-state index in [2.05, 4.69) is 5.32 Å². The van der Waals surface area contributed by atoms with Crippen LogP contribution in [0.3, 0.4) is 0 Å². The van der Waals surface area contributed by atoms with Gasteiger partial charge in [0.05, 0.1) is 0 Å². The van der Waals surface area contributed by atoms with Gasteiger partial charge in [-0.1, -0.05) is 12.1 Å². The van der Waals surface area contributed by atoms with Crippen LogP contribution in [0, 0.1) is 6.92 Å². The highest BCUT2D eigenvalue weighted by atomic mass is 16.3. The van der Waals surface area contributed by atoms with Crippen LogP contribution in [-0.2, 0) is 0 Å². The van der Waals surface area contributed by atoms with E-state index in [1.807, 2.05) is 19.1 Å². The van der Waals surface area contributed by atoms with E-state index in [0.29, 0.717) is 5.75 Å². The fraction of sp³-hybridized carbons (Fsp3) is 0.500. The lowest BCUT2D eigenvalue weighted by Gasteiger charge is -2.30. The minimum Gasteiger partial charge on any atom is -0.508 e. The maximum atomic E-state index is 9.88. The summed E-state index contributed by atoms with van der Waals surface area (Å²) in [4.78, 5) is 0. The molecule has 2 rings (SSSR count). The minimum absolute atomic E-state index is 0.153. The van der Waals surface area contributed by atoms with Gasteiger partial charge in [-0.3, -0.25) is 0 Å². The molecule has 4 N–H and O–H groups in total. The van der Waals surface area contributed by atoms with E-state index < -0.39 is 0 Å². The van der Waals surface area contributed by atoms with Gasteiger partial charge in [0.15, 0.2) is 0 Å². The summed E-state index contributed by atoms with van der Waals surface area (Å²) in [6.45, 7) is 3.81. The number of rotatable bonds is 1. The third-order valence-electron chi connectivity index (χ3n) is 3.12. The van der Waals surface area contributed by atoms with E-state index in [4.69, 9.17) is 5.73 Å². The topological polar surface area (TPSA) is 58.3 Å². The number of aryl methyl sites for hydroxylation is 1. The second kappa shape index (κ2) is 4.21. The minimum atomic E-state index is 0.153. The zero-order valence-electron chi connectivity index (χ0n) is 9.03. The van der Waals surface area contributed by atoms with Crippen molar-refractivity contribution in [1.82, 2.24) is 5.32 Å². The van der Waals surface area contributed by atoms with E-state index in [-0.39, 0.29) is 12.0 Å². The van der Waals surface area contributed by atoms with E-state index in [9.17, 15) is 5.11 Å². The number of aromatic hydroxyl groups is 1. The Bertz CT molecular complexity index is 351. The lowest BCUT2D eigenvalue weighted by molar-refractivity contribution is 0.385. The first-order chi connectivity index (χ1) is 7.18. The molecule has 3 nitrogen and oxygen atoms in total. The first kappa shape index (κ1) is 10.5. The molecule has 0 amide bonds. The second-order valence-electron chi connectivity index (χ2n) is 4.33. The smallest absolute Gasteiger partial charge is 0.119 e. The molecule has 1 saturated heterocycles. The number of phenolic OH excluding ortho intramolecular Hbond substituents is 1. The first-order valence-corrected chi connectivity index (χ1v) is 5.44. The molecule has 1 aliphatic rings. The summed E-state index contributed by atoms with van der Waals surface area (Å²) >= 11 is 0. The van der Waals surface area contributed by atoms with Gasteiger partial charge in [-0.25, -0.2) is 0 Å². The molecule has 15 heavy (non-hydrogen) atoms. The number of nitrogens with two attached hydrogens (primary N) is 1. The molecule has 1 aromatic rings.